The summed E-state index contributed by atoms with van der Waals surface area (Å²) in [5.74, 6) is -1.33. The highest BCUT2D eigenvalue weighted by molar-refractivity contribution is 5.82. The third-order valence-electron chi connectivity index (χ3n) is 4.81. The maximum absolute atomic E-state index is 12.6. The summed E-state index contributed by atoms with van der Waals surface area (Å²) in [7, 11) is 1.62. The predicted octanol–water partition coefficient (Wildman–Crippen LogP) is 2.51. The molecule has 1 aliphatic rings. The normalized spacial score (nSPS) is 18.7. The van der Waals surface area contributed by atoms with E-state index in [1.54, 1.807) is 14.0 Å². The monoisotopic (exact) mass is 426 g/mol. The molecule has 170 valence electrons. The van der Waals surface area contributed by atoms with E-state index in [2.05, 4.69) is 18.5 Å². The van der Waals surface area contributed by atoms with E-state index >= 15 is 0 Å². The summed E-state index contributed by atoms with van der Waals surface area (Å²) in [5, 5.41) is 4.56. The van der Waals surface area contributed by atoms with Gasteiger partial charge in [0.05, 0.1) is 7.11 Å². The van der Waals surface area contributed by atoms with Crippen LogP contribution in [0.5, 0.6) is 0 Å². The lowest BCUT2D eigenvalue weighted by molar-refractivity contribution is -0.276. The fraction of sp³-hybridized carbons (Fsp3) is 0.667. The lowest BCUT2D eigenvalue weighted by Crippen LogP contribution is -2.62. The number of hydrogen-bond acceptors (Lipinski definition) is 8. The number of rotatable bonds is 9. The summed E-state index contributed by atoms with van der Waals surface area (Å²) in [6, 6.07) is 0. The molecular weight excluding hydrogens is 392 g/mol. The Kier molecular flexibility index (Phi) is 8.62. The van der Waals surface area contributed by atoms with Gasteiger partial charge in [-0.05, 0) is 34.6 Å². The number of amides is 1. The van der Waals surface area contributed by atoms with Crippen molar-refractivity contribution in [1.29, 1.82) is 0 Å². The maximum Gasteiger partial charge on any atom is 0.408 e. The largest absolute Gasteiger partial charge is 0.460 e. The molecule has 0 radical (unpaired) electrons. The van der Waals surface area contributed by atoms with E-state index in [4.69, 9.17) is 19.0 Å². The summed E-state index contributed by atoms with van der Waals surface area (Å²) >= 11 is 0. The van der Waals surface area contributed by atoms with Crippen LogP contribution >= 0.6 is 0 Å². The Morgan fingerprint density at radius 1 is 1.03 bits per heavy atom. The van der Waals surface area contributed by atoms with Crippen molar-refractivity contribution >= 4 is 18.0 Å². The van der Waals surface area contributed by atoms with Gasteiger partial charge in [-0.1, -0.05) is 13.2 Å². The van der Waals surface area contributed by atoms with Gasteiger partial charge in [-0.2, -0.15) is 5.06 Å². The molecule has 0 atom stereocenters. The van der Waals surface area contributed by atoms with Crippen LogP contribution in [0.25, 0.3) is 0 Å². The first-order valence-electron chi connectivity index (χ1n) is 9.70. The molecule has 30 heavy (non-hydrogen) atoms. The van der Waals surface area contributed by atoms with Crippen LogP contribution < -0.4 is 5.32 Å². The van der Waals surface area contributed by atoms with Crippen LogP contribution in [-0.4, -0.2) is 66.1 Å². The van der Waals surface area contributed by atoms with Gasteiger partial charge >= 0.3 is 18.0 Å². The fourth-order valence-corrected chi connectivity index (χ4v) is 3.87. The van der Waals surface area contributed by atoms with Crippen LogP contribution in [0, 0.1) is 0 Å². The zero-order chi connectivity index (χ0) is 23.2. The number of carbonyl (C=O) groups is 3. The van der Waals surface area contributed by atoms with Crippen molar-refractivity contribution < 1.29 is 33.4 Å². The molecule has 1 rings (SSSR count). The van der Waals surface area contributed by atoms with Crippen molar-refractivity contribution in [3.8, 4) is 0 Å². The van der Waals surface area contributed by atoms with Crippen molar-refractivity contribution in [2.45, 2.75) is 70.2 Å². The molecule has 1 heterocycles. The highest BCUT2D eigenvalue weighted by atomic mass is 16.7. The van der Waals surface area contributed by atoms with Gasteiger partial charge in [0.2, 0.25) is 0 Å². The quantitative estimate of drug-likeness (QED) is 0.341. The number of hydrogen-bond donors (Lipinski definition) is 1. The smallest absolute Gasteiger partial charge is 0.408 e. The lowest BCUT2D eigenvalue weighted by Gasteiger charge is -2.52. The van der Waals surface area contributed by atoms with E-state index in [9.17, 15) is 14.4 Å². The summed E-state index contributed by atoms with van der Waals surface area (Å²) in [6.45, 7) is 15.8. The van der Waals surface area contributed by atoms with Crippen LogP contribution in [0.2, 0.25) is 0 Å². The molecule has 1 saturated heterocycles. The first-order chi connectivity index (χ1) is 13.8. The first kappa shape index (κ1) is 25.6. The zero-order valence-corrected chi connectivity index (χ0v) is 18.8. The van der Waals surface area contributed by atoms with Gasteiger partial charge in [0, 0.05) is 36.1 Å². The second kappa shape index (κ2) is 10.1. The zero-order valence-electron chi connectivity index (χ0n) is 18.8. The molecule has 0 aliphatic carbocycles. The van der Waals surface area contributed by atoms with Gasteiger partial charge in [-0.3, -0.25) is 0 Å². The molecule has 0 unspecified atom stereocenters. The van der Waals surface area contributed by atoms with E-state index in [0.717, 1.165) is 12.2 Å². The Balaban J connectivity index is 2.85. The third-order valence-corrected chi connectivity index (χ3v) is 4.81. The number of nitrogens with zero attached hydrogens (tertiary/aromatic N) is 1. The molecule has 1 N–H and O–H groups in total. The molecule has 9 heteroatoms. The molecule has 0 aromatic rings. The number of alkyl carbamates (subject to hydrolysis) is 1. The number of piperidine rings is 1. The van der Waals surface area contributed by atoms with E-state index < -0.39 is 23.6 Å². The molecule has 9 nitrogen and oxygen atoms in total. The number of esters is 2. The molecular formula is C21H34N2O7. The average Bonchev–Trinajstić information content (AvgIpc) is 2.62. The van der Waals surface area contributed by atoms with Gasteiger partial charge in [0.15, 0.2) is 0 Å². The highest BCUT2D eigenvalue weighted by Gasteiger charge is 2.47. The van der Waals surface area contributed by atoms with Crippen molar-refractivity contribution in [3.63, 3.8) is 0 Å². The van der Waals surface area contributed by atoms with Crippen LogP contribution in [0.3, 0.4) is 0 Å². The van der Waals surface area contributed by atoms with Gasteiger partial charge in [0.1, 0.15) is 24.9 Å². The average molecular weight is 427 g/mol. The summed E-state index contributed by atoms with van der Waals surface area (Å²) < 4.78 is 15.7. The van der Waals surface area contributed by atoms with Crippen molar-refractivity contribution in [1.82, 2.24) is 10.4 Å². The molecule has 0 aromatic carbocycles. The molecule has 1 fully saturated rings. The molecule has 1 amide bonds. The van der Waals surface area contributed by atoms with E-state index in [1.165, 1.54) is 0 Å². The van der Waals surface area contributed by atoms with Crippen LogP contribution in [-0.2, 0) is 28.6 Å². The summed E-state index contributed by atoms with van der Waals surface area (Å²) in [5.41, 5.74) is -1.92. The highest BCUT2D eigenvalue weighted by Crippen LogP contribution is 2.39. The first-order valence-corrected chi connectivity index (χ1v) is 9.70. The summed E-state index contributed by atoms with van der Waals surface area (Å²) in [6.07, 6.45) is 2.06. The Hall–Kier alpha value is -2.39. The van der Waals surface area contributed by atoms with Gasteiger partial charge < -0.3 is 24.4 Å². The van der Waals surface area contributed by atoms with Gasteiger partial charge in [-0.25, -0.2) is 14.4 Å². The Morgan fingerprint density at radius 2 is 1.47 bits per heavy atom. The van der Waals surface area contributed by atoms with Crippen molar-refractivity contribution in [3.05, 3.63) is 25.3 Å². The minimum atomic E-state index is -1.20. The number of hydroxylamine groups is 2. The third kappa shape index (κ3) is 7.14. The second-order valence-electron chi connectivity index (χ2n) is 8.85. The Bertz CT molecular complexity index is 630. The minimum Gasteiger partial charge on any atom is -0.460 e. The SMILES string of the molecule is C=CC(=O)OCC(C)(COC(=O)C=C)NC(=O)OC1CC(C)(C)N(OC)C(C)(C)C1. The molecule has 0 spiro atoms. The van der Waals surface area contributed by atoms with Crippen molar-refractivity contribution in [2.75, 3.05) is 20.3 Å². The lowest BCUT2D eigenvalue weighted by atomic mass is 9.80. The number of ether oxygens (including phenoxy) is 3. The van der Waals surface area contributed by atoms with E-state index in [-0.39, 0.29) is 30.4 Å². The molecule has 0 bridgehead atoms. The fourth-order valence-electron chi connectivity index (χ4n) is 3.87. The Morgan fingerprint density at radius 3 is 1.83 bits per heavy atom. The van der Waals surface area contributed by atoms with E-state index in [1.807, 2.05) is 32.8 Å². The van der Waals surface area contributed by atoms with Crippen molar-refractivity contribution in [2.24, 2.45) is 0 Å². The number of carbonyl (C=O) groups excluding carboxylic acids is 3. The molecule has 0 aromatic heterocycles. The Labute approximate surface area is 178 Å². The predicted molar refractivity (Wildman–Crippen MR) is 110 cm³/mol. The standard InChI is InChI=1S/C21H34N2O7/c1-9-16(24)28-13-21(7,14-29-17(25)10-2)22-18(26)30-15-11-19(3,4)23(27-8)20(5,6)12-15/h9-10,15H,1-2,11-14H2,3-8H3,(H,22,26). The molecule has 0 saturated carbocycles. The second-order valence-corrected chi connectivity index (χ2v) is 8.85. The van der Waals surface area contributed by atoms with Crippen LogP contribution in [0.4, 0.5) is 4.79 Å². The van der Waals surface area contributed by atoms with Crippen LogP contribution in [0.15, 0.2) is 25.3 Å². The van der Waals surface area contributed by atoms with Gasteiger partial charge in [0.25, 0.3) is 0 Å². The van der Waals surface area contributed by atoms with E-state index in [0.29, 0.717) is 12.8 Å². The van der Waals surface area contributed by atoms with Crippen LogP contribution in [0.1, 0.15) is 47.5 Å². The van der Waals surface area contributed by atoms with Gasteiger partial charge in [-0.15, -0.1) is 0 Å². The maximum atomic E-state index is 12.6. The summed E-state index contributed by atoms with van der Waals surface area (Å²) in [4.78, 5) is 41.0. The number of nitrogens with one attached hydrogen (secondary N) is 1. The molecule has 1 aliphatic heterocycles. The minimum absolute atomic E-state index is 0.240. The topological polar surface area (TPSA) is 103 Å².